The van der Waals surface area contributed by atoms with Gasteiger partial charge in [0.25, 0.3) is 0 Å². The predicted octanol–water partition coefficient (Wildman–Crippen LogP) is 6.35. The highest BCUT2D eigenvalue weighted by Gasteiger charge is 2.71. The monoisotopic (exact) mass is 727 g/mol. The Labute approximate surface area is 313 Å². The molecule has 0 bridgehead atoms. The number of Topliss-reactive ketones (excluding diaryl/α,β-unsaturated/α-hetero) is 1. The van der Waals surface area contributed by atoms with Crippen LogP contribution in [0, 0.1) is 56.2 Å². The van der Waals surface area contributed by atoms with Gasteiger partial charge in [-0.2, -0.15) is 0 Å². The molecular weight excluding hydrogens is 656 g/mol. The molecule has 0 amide bonds. The number of carboxylic acids is 1. The van der Waals surface area contributed by atoms with E-state index in [1.807, 2.05) is 0 Å². The number of aliphatic hydroxyl groups is 2. The first-order valence-electron chi connectivity index (χ1n) is 20.6. The zero-order valence-corrected chi connectivity index (χ0v) is 33.9. The molecule has 1 unspecified atom stereocenters. The molecule has 5 aliphatic carbocycles. The number of esters is 1. The quantitative estimate of drug-likeness (QED) is 0.221. The summed E-state index contributed by atoms with van der Waals surface area (Å²) in [5.74, 6) is 0.111. The van der Waals surface area contributed by atoms with Crippen LogP contribution in [0.15, 0.2) is 11.1 Å². The van der Waals surface area contributed by atoms with E-state index < -0.39 is 28.9 Å². The summed E-state index contributed by atoms with van der Waals surface area (Å²) in [7, 11) is 0. The molecule has 294 valence electrons. The van der Waals surface area contributed by atoms with Crippen LogP contribution in [0.1, 0.15) is 127 Å². The van der Waals surface area contributed by atoms with Crippen LogP contribution in [0.3, 0.4) is 0 Å². The topological polar surface area (TPSA) is 128 Å². The van der Waals surface area contributed by atoms with E-state index >= 15 is 0 Å². The average molecular weight is 727 g/mol. The number of carboxylic acid groups (broad SMARTS) is 1. The van der Waals surface area contributed by atoms with E-state index in [2.05, 4.69) is 58.3 Å². The number of piperazine rings is 1. The smallest absolute Gasteiger partial charge is 0.309 e. The van der Waals surface area contributed by atoms with Gasteiger partial charge >= 0.3 is 11.9 Å². The van der Waals surface area contributed by atoms with Crippen molar-refractivity contribution in [1.29, 1.82) is 0 Å². The maximum absolute atomic E-state index is 14.1. The maximum atomic E-state index is 14.1. The Kier molecular flexibility index (Phi) is 10.5. The Hall–Kier alpha value is -1.81. The lowest BCUT2D eigenvalue weighted by atomic mass is 9.33. The number of rotatable bonds is 10. The largest absolute Gasteiger partial charge is 0.481 e. The number of aliphatic carboxylic acids is 1. The van der Waals surface area contributed by atoms with Gasteiger partial charge in [-0.25, -0.2) is 0 Å². The first kappa shape index (κ1) is 39.9. The summed E-state index contributed by atoms with van der Waals surface area (Å²) in [6.45, 7) is 24.7. The first-order chi connectivity index (χ1) is 24.2. The summed E-state index contributed by atoms with van der Waals surface area (Å²) in [5.41, 5.74) is 0.567. The maximum Gasteiger partial charge on any atom is 0.309 e. The van der Waals surface area contributed by atoms with Gasteiger partial charge in [0.1, 0.15) is 6.10 Å². The van der Waals surface area contributed by atoms with Crippen molar-refractivity contribution >= 4 is 17.7 Å². The Bertz CT molecular complexity index is 1450. The van der Waals surface area contributed by atoms with Crippen molar-refractivity contribution < 1.29 is 34.4 Å². The molecule has 9 atom stereocenters. The summed E-state index contributed by atoms with van der Waals surface area (Å²) >= 11 is 0. The molecule has 0 spiro atoms. The van der Waals surface area contributed by atoms with E-state index in [1.165, 1.54) is 5.57 Å². The Morgan fingerprint density at radius 2 is 1.54 bits per heavy atom. The lowest BCUT2D eigenvalue weighted by Crippen LogP contribution is -2.66. The van der Waals surface area contributed by atoms with Gasteiger partial charge in [-0.1, -0.05) is 54.0 Å². The van der Waals surface area contributed by atoms with Crippen molar-refractivity contribution in [3.63, 3.8) is 0 Å². The highest BCUT2D eigenvalue weighted by Crippen LogP contribution is 2.77. The molecule has 5 fully saturated rings. The van der Waals surface area contributed by atoms with E-state index in [0.29, 0.717) is 31.3 Å². The highest BCUT2D eigenvalue weighted by atomic mass is 16.5. The minimum absolute atomic E-state index is 0.000990. The summed E-state index contributed by atoms with van der Waals surface area (Å²) in [4.78, 5) is 43.6. The summed E-state index contributed by atoms with van der Waals surface area (Å²) < 4.78 is 6.17. The van der Waals surface area contributed by atoms with Gasteiger partial charge in [-0.15, -0.1) is 0 Å². The van der Waals surface area contributed by atoms with Gasteiger partial charge in [0.2, 0.25) is 0 Å². The molecule has 1 saturated heterocycles. The first-order valence-corrected chi connectivity index (χ1v) is 20.6. The number of carbonyl (C=O) groups excluding carboxylic acids is 2. The van der Waals surface area contributed by atoms with Crippen LogP contribution < -0.4 is 0 Å². The fourth-order valence-corrected chi connectivity index (χ4v) is 13.7. The fraction of sp³-hybridized carbons (Fsp3) is 0.884. The van der Waals surface area contributed by atoms with E-state index in [1.54, 1.807) is 13.8 Å². The number of carbonyl (C=O) groups is 3. The molecule has 3 N–H and O–H groups in total. The van der Waals surface area contributed by atoms with E-state index in [-0.39, 0.29) is 58.4 Å². The second-order valence-electron chi connectivity index (χ2n) is 20.4. The Morgan fingerprint density at radius 3 is 2.15 bits per heavy atom. The van der Waals surface area contributed by atoms with Crippen LogP contribution in [0.25, 0.3) is 0 Å². The number of ketones is 1. The number of aliphatic hydroxyl groups excluding tert-OH is 2. The van der Waals surface area contributed by atoms with E-state index in [0.717, 1.165) is 83.1 Å². The number of fused-ring (bicyclic) bond motifs is 7. The molecule has 9 heteroatoms. The Morgan fingerprint density at radius 1 is 0.885 bits per heavy atom. The molecule has 52 heavy (non-hydrogen) atoms. The lowest BCUT2D eigenvalue weighted by Gasteiger charge is -2.72. The highest BCUT2D eigenvalue weighted by molar-refractivity contribution is 6.00. The van der Waals surface area contributed by atoms with Gasteiger partial charge < -0.3 is 20.1 Å². The van der Waals surface area contributed by atoms with E-state index in [9.17, 15) is 29.7 Å². The molecule has 1 aliphatic heterocycles. The molecule has 1 heterocycles. The molecular formula is C43H70N2O7. The molecule has 0 aromatic rings. The van der Waals surface area contributed by atoms with E-state index in [4.69, 9.17) is 4.74 Å². The predicted molar refractivity (Wildman–Crippen MR) is 201 cm³/mol. The summed E-state index contributed by atoms with van der Waals surface area (Å²) in [6, 6.07) is 0. The SMILES string of the molecule is CC(C)C1=C2[C@H]3CC[C@@H]4[C@@]5(C)CC[C@H](OC(=O)CC(C)(C)C(=O)O)C(C)(C)[C@@H]5CC[C@@]4(C)[C@]3(C)CC[C@@]2(C(O)CN2CCN(CCO)CC2)CC1=O. The van der Waals surface area contributed by atoms with Gasteiger partial charge in [-0.3, -0.25) is 24.2 Å². The molecule has 9 nitrogen and oxygen atoms in total. The van der Waals surface area contributed by atoms with Crippen molar-refractivity contribution in [1.82, 2.24) is 9.80 Å². The number of β-amino-alcohol motifs (C(OH)–C–C–N with tert-alkyl or cyclic N) is 2. The number of hydrogen-bond donors (Lipinski definition) is 3. The van der Waals surface area contributed by atoms with Gasteiger partial charge in [0, 0.05) is 56.5 Å². The zero-order chi connectivity index (χ0) is 38.2. The van der Waals surface area contributed by atoms with Crippen LogP contribution in [0.4, 0.5) is 0 Å². The van der Waals surface area contributed by atoms with Gasteiger partial charge in [-0.05, 0) is 111 Å². The van der Waals surface area contributed by atoms with Crippen LogP contribution in [0.5, 0.6) is 0 Å². The Balaban J connectivity index is 1.26. The summed E-state index contributed by atoms with van der Waals surface area (Å²) in [6.07, 6.45) is 7.38. The molecule has 0 aromatic heterocycles. The van der Waals surface area contributed by atoms with Crippen molar-refractivity contribution in [2.75, 3.05) is 45.9 Å². The van der Waals surface area contributed by atoms with Crippen molar-refractivity contribution in [3.05, 3.63) is 11.1 Å². The third-order valence-electron chi connectivity index (χ3n) is 16.8. The number of allylic oxidation sites excluding steroid dienone is 1. The van der Waals surface area contributed by atoms with Crippen molar-refractivity contribution in [2.45, 2.75) is 139 Å². The van der Waals surface area contributed by atoms with Gasteiger partial charge in [0.05, 0.1) is 24.5 Å². The molecule has 4 saturated carbocycles. The second kappa shape index (κ2) is 13.7. The molecule has 0 aromatic carbocycles. The minimum Gasteiger partial charge on any atom is -0.481 e. The van der Waals surface area contributed by atoms with Crippen LogP contribution in [-0.2, 0) is 19.1 Å². The number of hydrogen-bond acceptors (Lipinski definition) is 8. The number of nitrogens with zero attached hydrogens (tertiary/aromatic N) is 2. The molecule has 6 rings (SSSR count). The fourth-order valence-electron chi connectivity index (χ4n) is 13.7. The van der Waals surface area contributed by atoms with Gasteiger partial charge in [0.15, 0.2) is 5.78 Å². The standard InChI is InChI=1S/C43H70N2O7/c1-27(2)35-29(47)24-43(32(48)26-45-20-18-44(19-21-45)22-23-46)17-16-41(8)28(36(35)43)10-11-31-40(7)14-13-33(52-34(49)25-38(3,4)37(50)51)39(5,6)30(40)12-15-42(31,41)9/h27-28,30-33,46,48H,10-26H2,1-9H3,(H,50,51)/t28-,30+,31-,32?,33+,40+,41-,42-,43+/m1/s1. The van der Waals surface area contributed by atoms with Crippen LogP contribution in [-0.4, -0.2) is 101 Å². The third kappa shape index (κ3) is 6.14. The normalized spacial score (nSPS) is 40.1. The summed E-state index contributed by atoms with van der Waals surface area (Å²) in [5, 5.41) is 31.4. The van der Waals surface area contributed by atoms with Crippen LogP contribution >= 0.6 is 0 Å². The number of ether oxygens (including phenoxy) is 1. The average Bonchev–Trinajstić information content (AvgIpc) is 3.37. The van der Waals surface area contributed by atoms with Crippen molar-refractivity contribution in [3.8, 4) is 0 Å². The van der Waals surface area contributed by atoms with Crippen molar-refractivity contribution in [2.24, 2.45) is 56.2 Å². The zero-order valence-electron chi connectivity index (χ0n) is 33.9. The lowest BCUT2D eigenvalue weighted by molar-refractivity contribution is -0.235. The second-order valence-corrected chi connectivity index (χ2v) is 20.4. The van der Waals surface area contributed by atoms with Crippen LogP contribution in [0.2, 0.25) is 0 Å². The molecule has 6 aliphatic rings. The minimum atomic E-state index is -1.16. The third-order valence-corrected chi connectivity index (χ3v) is 16.8. The molecule has 0 radical (unpaired) electrons.